The number of rotatable bonds is 8. The normalized spacial score (nSPS) is 11.1. The second-order valence-corrected chi connectivity index (χ2v) is 6.89. The summed E-state index contributed by atoms with van der Waals surface area (Å²) < 4.78 is 31.7. The van der Waals surface area contributed by atoms with Crippen molar-refractivity contribution in [2.75, 3.05) is 26.2 Å². The predicted octanol–water partition coefficient (Wildman–Crippen LogP) is 3.83. The van der Waals surface area contributed by atoms with Crippen LogP contribution in [0, 0.1) is 25.5 Å². The van der Waals surface area contributed by atoms with Gasteiger partial charge in [-0.05, 0) is 32.9 Å². The first-order valence-corrected chi connectivity index (χ1v) is 9.34. The van der Waals surface area contributed by atoms with Gasteiger partial charge in [-0.15, -0.1) is 35.3 Å². The number of aromatic nitrogens is 1. The molecule has 0 spiro atoms. The molecular formula is C18H25F2IN4OS. The summed E-state index contributed by atoms with van der Waals surface area (Å²) in [5.74, 6) is -0.623. The first kappa shape index (κ1) is 23.5. The van der Waals surface area contributed by atoms with E-state index in [4.69, 9.17) is 4.74 Å². The predicted molar refractivity (Wildman–Crippen MR) is 117 cm³/mol. The zero-order valence-corrected chi connectivity index (χ0v) is 18.8. The van der Waals surface area contributed by atoms with Crippen LogP contribution in [0.15, 0.2) is 23.2 Å². The summed E-state index contributed by atoms with van der Waals surface area (Å²) >= 11 is 1.70. The van der Waals surface area contributed by atoms with Gasteiger partial charge in [0.2, 0.25) is 0 Å². The fourth-order valence-electron chi connectivity index (χ4n) is 2.34. The first-order chi connectivity index (χ1) is 12.5. The number of halogens is 3. The van der Waals surface area contributed by atoms with Crippen molar-refractivity contribution in [2.24, 2.45) is 4.99 Å². The Hall–Kier alpha value is -1.49. The fourth-order valence-corrected chi connectivity index (χ4v) is 3.26. The van der Waals surface area contributed by atoms with Crippen LogP contribution in [0.1, 0.15) is 22.5 Å². The van der Waals surface area contributed by atoms with E-state index in [0.717, 1.165) is 29.7 Å². The van der Waals surface area contributed by atoms with Crippen LogP contribution in [0.4, 0.5) is 8.78 Å². The van der Waals surface area contributed by atoms with Crippen molar-refractivity contribution in [3.05, 3.63) is 45.4 Å². The van der Waals surface area contributed by atoms with Gasteiger partial charge in [-0.1, -0.05) is 0 Å². The molecule has 2 N–H and O–H groups in total. The molecule has 0 aliphatic carbocycles. The monoisotopic (exact) mass is 510 g/mol. The second kappa shape index (κ2) is 12.1. The fraction of sp³-hybridized carbons (Fsp3) is 0.444. The molecule has 1 heterocycles. The molecule has 0 radical (unpaired) electrons. The third kappa shape index (κ3) is 7.96. The average Bonchev–Trinajstić information content (AvgIpc) is 2.90. The lowest BCUT2D eigenvalue weighted by molar-refractivity contribution is 0.304. The molecule has 2 rings (SSSR count). The third-order valence-electron chi connectivity index (χ3n) is 3.50. The van der Waals surface area contributed by atoms with E-state index in [-0.39, 0.29) is 36.3 Å². The summed E-state index contributed by atoms with van der Waals surface area (Å²) in [5, 5.41) is 7.35. The summed E-state index contributed by atoms with van der Waals surface area (Å²) in [7, 11) is 0. The Morgan fingerprint density at radius 1 is 1.26 bits per heavy atom. The Bertz CT molecular complexity index is 755. The Kier molecular flexibility index (Phi) is 10.5. The van der Waals surface area contributed by atoms with Crippen LogP contribution in [-0.4, -0.2) is 37.2 Å². The largest absolute Gasteiger partial charge is 0.489 e. The van der Waals surface area contributed by atoms with Crippen LogP contribution in [0.2, 0.25) is 0 Å². The van der Waals surface area contributed by atoms with Crippen molar-refractivity contribution in [1.82, 2.24) is 15.6 Å². The number of hydrogen-bond acceptors (Lipinski definition) is 4. The van der Waals surface area contributed by atoms with Crippen molar-refractivity contribution in [3.8, 4) is 5.75 Å². The Labute approximate surface area is 179 Å². The highest BCUT2D eigenvalue weighted by Gasteiger charge is 2.06. The second-order valence-electron chi connectivity index (χ2n) is 5.60. The van der Waals surface area contributed by atoms with Gasteiger partial charge in [-0.25, -0.2) is 13.8 Å². The van der Waals surface area contributed by atoms with E-state index in [1.165, 1.54) is 17.0 Å². The number of thiazole rings is 1. The maximum atomic E-state index is 13.5. The van der Waals surface area contributed by atoms with Gasteiger partial charge >= 0.3 is 0 Å². The quantitative estimate of drug-likeness (QED) is 0.245. The highest BCUT2D eigenvalue weighted by molar-refractivity contribution is 14.0. The molecule has 150 valence electrons. The smallest absolute Gasteiger partial charge is 0.191 e. The van der Waals surface area contributed by atoms with Crippen LogP contribution < -0.4 is 15.4 Å². The van der Waals surface area contributed by atoms with Crippen molar-refractivity contribution < 1.29 is 13.5 Å². The molecule has 1 aromatic heterocycles. The minimum Gasteiger partial charge on any atom is -0.489 e. The lowest BCUT2D eigenvalue weighted by Crippen LogP contribution is -2.39. The number of benzene rings is 1. The van der Waals surface area contributed by atoms with Gasteiger partial charge in [-0.2, -0.15) is 0 Å². The number of guanidine groups is 1. The molecule has 0 unspecified atom stereocenters. The molecular weight excluding hydrogens is 485 g/mol. The molecule has 0 saturated heterocycles. The minimum absolute atomic E-state index is 0. The summed E-state index contributed by atoms with van der Waals surface area (Å²) in [6.45, 7) is 8.06. The number of nitrogens with zero attached hydrogens (tertiary/aromatic N) is 2. The molecule has 27 heavy (non-hydrogen) atoms. The maximum Gasteiger partial charge on any atom is 0.191 e. The molecule has 0 aliphatic heterocycles. The summed E-state index contributed by atoms with van der Waals surface area (Å²) in [6.07, 6.45) is 0.838. The van der Waals surface area contributed by atoms with E-state index in [1.54, 1.807) is 11.3 Å². The Morgan fingerprint density at radius 2 is 2.04 bits per heavy atom. The van der Waals surface area contributed by atoms with E-state index in [0.29, 0.717) is 19.0 Å². The van der Waals surface area contributed by atoms with E-state index < -0.39 is 11.6 Å². The number of nitrogens with one attached hydrogen (secondary N) is 2. The average molecular weight is 510 g/mol. The highest BCUT2D eigenvalue weighted by atomic mass is 127. The van der Waals surface area contributed by atoms with Crippen molar-refractivity contribution in [1.29, 1.82) is 0 Å². The summed E-state index contributed by atoms with van der Waals surface area (Å²) in [5.41, 5.74) is 1.07. The van der Waals surface area contributed by atoms with Crippen LogP contribution in [0.25, 0.3) is 0 Å². The van der Waals surface area contributed by atoms with Gasteiger partial charge in [-0.3, -0.25) is 4.99 Å². The SMILES string of the molecule is CCNC(=NCCc1sc(C)nc1C)NCCOc1ccc(F)cc1F.I. The van der Waals surface area contributed by atoms with E-state index >= 15 is 0 Å². The molecule has 5 nitrogen and oxygen atoms in total. The van der Waals surface area contributed by atoms with Crippen LogP contribution >= 0.6 is 35.3 Å². The van der Waals surface area contributed by atoms with Crippen LogP contribution in [-0.2, 0) is 6.42 Å². The number of aryl methyl sites for hydroxylation is 2. The minimum atomic E-state index is -0.708. The van der Waals surface area contributed by atoms with Gasteiger partial charge in [0.15, 0.2) is 17.5 Å². The maximum absolute atomic E-state index is 13.5. The van der Waals surface area contributed by atoms with Crippen molar-refractivity contribution >= 4 is 41.3 Å². The molecule has 2 aromatic rings. The number of ether oxygens (including phenoxy) is 1. The molecule has 0 bridgehead atoms. The van der Waals surface area contributed by atoms with Gasteiger partial charge < -0.3 is 15.4 Å². The van der Waals surface area contributed by atoms with Gasteiger partial charge in [0, 0.05) is 30.5 Å². The zero-order valence-electron chi connectivity index (χ0n) is 15.6. The van der Waals surface area contributed by atoms with Gasteiger partial charge in [0.25, 0.3) is 0 Å². The molecule has 1 aromatic carbocycles. The van der Waals surface area contributed by atoms with E-state index in [9.17, 15) is 8.78 Å². The van der Waals surface area contributed by atoms with Gasteiger partial charge in [0.1, 0.15) is 12.4 Å². The standard InChI is InChI=1S/C18H24F2N4OS.HI/c1-4-21-18(22-8-7-17-12(2)24-13(3)26-17)23-9-10-25-16-6-5-14(19)11-15(16)20;/h5-6,11H,4,7-10H2,1-3H3,(H2,21,22,23);1H. The molecule has 9 heteroatoms. The van der Waals surface area contributed by atoms with E-state index in [2.05, 4.69) is 20.6 Å². The lowest BCUT2D eigenvalue weighted by atomic mass is 10.3. The van der Waals surface area contributed by atoms with Crippen molar-refractivity contribution in [2.45, 2.75) is 27.2 Å². The molecule has 0 saturated carbocycles. The first-order valence-electron chi connectivity index (χ1n) is 8.52. The Balaban J connectivity index is 0.00000364. The molecule has 0 atom stereocenters. The molecule has 0 fully saturated rings. The zero-order chi connectivity index (χ0) is 18.9. The summed E-state index contributed by atoms with van der Waals surface area (Å²) in [4.78, 5) is 10.2. The molecule has 0 amide bonds. The van der Waals surface area contributed by atoms with Gasteiger partial charge in [0.05, 0.1) is 17.2 Å². The third-order valence-corrected chi connectivity index (χ3v) is 4.63. The van der Waals surface area contributed by atoms with Crippen LogP contribution in [0.3, 0.4) is 0 Å². The Morgan fingerprint density at radius 3 is 2.67 bits per heavy atom. The van der Waals surface area contributed by atoms with Crippen LogP contribution in [0.5, 0.6) is 5.75 Å². The number of hydrogen-bond donors (Lipinski definition) is 2. The lowest BCUT2D eigenvalue weighted by Gasteiger charge is -2.12. The summed E-state index contributed by atoms with van der Waals surface area (Å²) in [6, 6.07) is 3.25. The topological polar surface area (TPSA) is 58.5 Å². The van der Waals surface area contributed by atoms with E-state index in [1.807, 2.05) is 20.8 Å². The molecule has 0 aliphatic rings. The highest BCUT2D eigenvalue weighted by Crippen LogP contribution is 2.18. The van der Waals surface area contributed by atoms with Crippen molar-refractivity contribution in [3.63, 3.8) is 0 Å². The number of aliphatic imine (C=N–C) groups is 1.